The predicted octanol–water partition coefficient (Wildman–Crippen LogP) is 0.216. The minimum Gasteiger partial charge on any atom is -0.859 e. The molecular weight excluding hydrogens is 220 g/mol. The van der Waals surface area contributed by atoms with Gasteiger partial charge in [-0.3, -0.25) is 14.3 Å². The number of aryl methyl sites for hydroxylation is 2. The van der Waals surface area contributed by atoms with Gasteiger partial charge >= 0.3 is 5.69 Å². The zero-order chi connectivity index (χ0) is 12.6. The maximum absolute atomic E-state index is 11.6. The van der Waals surface area contributed by atoms with Crippen LogP contribution in [0.3, 0.4) is 0 Å². The zero-order valence-corrected chi connectivity index (χ0v) is 9.48. The molecule has 1 aromatic carbocycles. The SMILES string of the molecule is Cc1ccc(-n2c([O-])cc(=O)[nH]c2=O)c(C)c1. The monoisotopic (exact) mass is 231 g/mol. The molecule has 17 heavy (non-hydrogen) atoms. The van der Waals surface area contributed by atoms with Crippen molar-refractivity contribution >= 4 is 0 Å². The van der Waals surface area contributed by atoms with Gasteiger partial charge in [0.1, 0.15) is 0 Å². The highest BCUT2D eigenvalue weighted by Crippen LogP contribution is 2.16. The number of aromatic amines is 1. The summed E-state index contributed by atoms with van der Waals surface area (Å²) in [5, 5.41) is 11.6. The van der Waals surface area contributed by atoms with E-state index in [1.807, 2.05) is 13.0 Å². The lowest BCUT2D eigenvalue weighted by atomic mass is 10.1. The first kappa shape index (κ1) is 11.2. The summed E-state index contributed by atoms with van der Waals surface area (Å²) < 4.78 is 0.955. The third kappa shape index (κ3) is 1.99. The number of benzene rings is 1. The molecule has 0 saturated carbocycles. The first-order chi connectivity index (χ1) is 7.99. The fourth-order valence-corrected chi connectivity index (χ4v) is 1.76. The van der Waals surface area contributed by atoms with Gasteiger partial charge in [-0.15, -0.1) is 0 Å². The van der Waals surface area contributed by atoms with Crippen molar-refractivity contribution in [3.63, 3.8) is 0 Å². The standard InChI is InChI=1S/C12H12N2O3/c1-7-3-4-9(8(2)5-7)14-11(16)6-10(15)13-12(14)17/h3-6,16H,1-2H3,(H,13,15,17)/p-1. The van der Waals surface area contributed by atoms with Crippen molar-refractivity contribution in [3.05, 3.63) is 56.2 Å². The van der Waals surface area contributed by atoms with E-state index in [1.54, 1.807) is 19.1 Å². The molecule has 5 heteroatoms. The molecule has 0 bridgehead atoms. The second-order valence-electron chi connectivity index (χ2n) is 3.90. The quantitative estimate of drug-likeness (QED) is 0.762. The summed E-state index contributed by atoms with van der Waals surface area (Å²) in [7, 11) is 0. The lowest BCUT2D eigenvalue weighted by Crippen LogP contribution is -2.30. The van der Waals surface area contributed by atoms with E-state index < -0.39 is 17.1 Å². The fraction of sp³-hybridized carbons (Fsp3) is 0.167. The number of H-pyrrole nitrogens is 1. The number of rotatable bonds is 1. The highest BCUT2D eigenvalue weighted by atomic mass is 16.3. The van der Waals surface area contributed by atoms with Gasteiger partial charge in [-0.25, -0.2) is 4.79 Å². The molecule has 0 spiro atoms. The molecule has 2 aromatic rings. The van der Waals surface area contributed by atoms with E-state index >= 15 is 0 Å². The van der Waals surface area contributed by atoms with E-state index in [0.717, 1.165) is 21.8 Å². The summed E-state index contributed by atoms with van der Waals surface area (Å²) in [6.45, 7) is 3.73. The molecule has 1 aromatic heterocycles. The van der Waals surface area contributed by atoms with Crippen LogP contribution in [0.15, 0.2) is 33.9 Å². The van der Waals surface area contributed by atoms with Crippen LogP contribution in [0.25, 0.3) is 5.69 Å². The maximum atomic E-state index is 11.6. The summed E-state index contributed by atoms with van der Waals surface area (Å²) in [6, 6.07) is 6.22. The number of hydrogen-bond donors (Lipinski definition) is 1. The molecule has 0 saturated heterocycles. The molecule has 0 radical (unpaired) electrons. The fourth-order valence-electron chi connectivity index (χ4n) is 1.76. The highest BCUT2D eigenvalue weighted by Gasteiger charge is 2.05. The Bertz CT molecular complexity index is 683. The number of hydrogen-bond acceptors (Lipinski definition) is 3. The van der Waals surface area contributed by atoms with Gasteiger partial charge in [0, 0.05) is 6.07 Å². The van der Waals surface area contributed by atoms with E-state index in [9.17, 15) is 14.7 Å². The normalized spacial score (nSPS) is 10.5. The minimum atomic E-state index is -0.713. The van der Waals surface area contributed by atoms with Crippen LogP contribution in [0.5, 0.6) is 5.88 Å². The van der Waals surface area contributed by atoms with Crippen LogP contribution in [0.2, 0.25) is 0 Å². The lowest BCUT2D eigenvalue weighted by molar-refractivity contribution is -0.278. The van der Waals surface area contributed by atoms with E-state index in [-0.39, 0.29) is 0 Å². The summed E-state index contributed by atoms with van der Waals surface area (Å²) in [4.78, 5) is 24.6. The molecule has 0 aliphatic heterocycles. The average Bonchev–Trinajstić information content (AvgIpc) is 2.19. The first-order valence-electron chi connectivity index (χ1n) is 5.10. The van der Waals surface area contributed by atoms with Gasteiger partial charge in [-0.2, -0.15) is 0 Å². The van der Waals surface area contributed by atoms with Crippen LogP contribution in [-0.2, 0) is 0 Å². The summed E-state index contributed by atoms with van der Waals surface area (Å²) in [5.41, 5.74) is 0.935. The summed E-state index contributed by atoms with van der Waals surface area (Å²) >= 11 is 0. The van der Waals surface area contributed by atoms with E-state index in [1.165, 1.54) is 0 Å². The van der Waals surface area contributed by atoms with E-state index in [0.29, 0.717) is 5.69 Å². The Morgan fingerprint density at radius 3 is 2.47 bits per heavy atom. The van der Waals surface area contributed by atoms with Crippen LogP contribution in [0.1, 0.15) is 11.1 Å². The number of aromatic nitrogens is 2. The molecule has 0 unspecified atom stereocenters. The summed E-state index contributed by atoms with van der Waals surface area (Å²) in [5.74, 6) is -0.620. The van der Waals surface area contributed by atoms with Gasteiger partial charge in [0.2, 0.25) is 0 Å². The molecule has 0 fully saturated rings. The van der Waals surface area contributed by atoms with Crippen molar-refractivity contribution in [2.45, 2.75) is 13.8 Å². The second-order valence-corrected chi connectivity index (χ2v) is 3.90. The van der Waals surface area contributed by atoms with Gasteiger partial charge < -0.3 is 5.11 Å². The molecular formula is C12H11N2O3-. The third-order valence-electron chi connectivity index (χ3n) is 2.50. The zero-order valence-electron chi connectivity index (χ0n) is 9.48. The van der Waals surface area contributed by atoms with Crippen LogP contribution < -0.4 is 16.4 Å². The second kappa shape index (κ2) is 3.93. The van der Waals surface area contributed by atoms with Crippen molar-refractivity contribution in [1.82, 2.24) is 9.55 Å². The van der Waals surface area contributed by atoms with E-state index in [4.69, 9.17) is 0 Å². The molecule has 88 valence electrons. The number of nitrogens with one attached hydrogen (secondary N) is 1. The van der Waals surface area contributed by atoms with Gasteiger partial charge in [0.15, 0.2) is 0 Å². The molecule has 5 nitrogen and oxygen atoms in total. The van der Waals surface area contributed by atoms with Gasteiger partial charge in [0.05, 0.1) is 5.69 Å². The van der Waals surface area contributed by atoms with Gasteiger partial charge in [0.25, 0.3) is 5.56 Å². The Balaban J connectivity index is 2.77. The molecule has 0 atom stereocenters. The molecule has 0 amide bonds. The minimum absolute atomic E-state index is 0.488. The van der Waals surface area contributed by atoms with Gasteiger partial charge in [-0.05, 0) is 31.4 Å². The highest BCUT2D eigenvalue weighted by molar-refractivity contribution is 5.44. The Kier molecular flexibility index (Phi) is 2.59. The van der Waals surface area contributed by atoms with Crippen molar-refractivity contribution < 1.29 is 5.11 Å². The van der Waals surface area contributed by atoms with Crippen LogP contribution in [-0.4, -0.2) is 9.55 Å². The molecule has 0 aliphatic rings. The summed E-state index contributed by atoms with van der Waals surface area (Å²) in [6.07, 6.45) is 0. The van der Waals surface area contributed by atoms with Crippen molar-refractivity contribution in [3.8, 4) is 11.6 Å². The number of nitrogens with zero attached hydrogens (tertiary/aromatic N) is 1. The largest absolute Gasteiger partial charge is 0.859 e. The van der Waals surface area contributed by atoms with Gasteiger partial charge in [-0.1, -0.05) is 17.7 Å². The topological polar surface area (TPSA) is 77.9 Å². The Hall–Kier alpha value is -2.30. The lowest BCUT2D eigenvalue weighted by Gasteiger charge is -2.17. The third-order valence-corrected chi connectivity index (χ3v) is 2.50. The Morgan fingerprint density at radius 2 is 1.88 bits per heavy atom. The first-order valence-corrected chi connectivity index (χ1v) is 5.10. The van der Waals surface area contributed by atoms with Crippen LogP contribution >= 0.6 is 0 Å². The maximum Gasteiger partial charge on any atom is 0.332 e. The molecule has 0 aliphatic carbocycles. The molecule has 2 rings (SSSR count). The molecule has 1 N–H and O–H groups in total. The average molecular weight is 231 g/mol. The van der Waals surface area contributed by atoms with Crippen molar-refractivity contribution in [2.24, 2.45) is 0 Å². The van der Waals surface area contributed by atoms with Crippen molar-refractivity contribution in [1.29, 1.82) is 0 Å². The van der Waals surface area contributed by atoms with E-state index in [2.05, 4.69) is 4.98 Å². The van der Waals surface area contributed by atoms with Crippen molar-refractivity contribution in [2.75, 3.05) is 0 Å². The Labute approximate surface area is 97.0 Å². The Morgan fingerprint density at radius 1 is 1.18 bits per heavy atom. The smallest absolute Gasteiger partial charge is 0.332 e. The van der Waals surface area contributed by atoms with Crippen LogP contribution in [0.4, 0.5) is 0 Å². The van der Waals surface area contributed by atoms with Crippen LogP contribution in [0, 0.1) is 13.8 Å². The molecule has 1 heterocycles. The predicted molar refractivity (Wildman–Crippen MR) is 61.6 cm³/mol.